The summed E-state index contributed by atoms with van der Waals surface area (Å²) in [5, 5.41) is 18.9. The van der Waals surface area contributed by atoms with E-state index in [-0.39, 0.29) is 12.7 Å². The Kier molecular flexibility index (Phi) is 3.33. The van der Waals surface area contributed by atoms with Gasteiger partial charge in [0, 0.05) is 6.42 Å². The fraction of sp³-hybridized carbons (Fsp3) is 0.800. The van der Waals surface area contributed by atoms with E-state index in [0.717, 1.165) is 0 Å². The molecular weight excluding hydrogens is 168 g/mol. The molecule has 0 saturated heterocycles. The van der Waals surface area contributed by atoms with Crippen LogP contribution >= 0.6 is 0 Å². The van der Waals surface area contributed by atoms with Crippen molar-refractivity contribution in [2.45, 2.75) is 44.8 Å². The van der Waals surface area contributed by atoms with Crippen molar-refractivity contribution < 1.29 is 14.9 Å². The van der Waals surface area contributed by atoms with E-state index in [0.29, 0.717) is 25.0 Å². The summed E-state index contributed by atoms with van der Waals surface area (Å²) in [6.07, 6.45) is 3.72. The maximum Gasteiger partial charge on any atom is 0.125 e. The molecule has 13 heavy (non-hydrogen) atoms. The topological polar surface area (TPSA) is 49.7 Å². The minimum Gasteiger partial charge on any atom is -0.489 e. The van der Waals surface area contributed by atoms with Crippen molar-refractivity contribution in [2.24, 2.45) is 0 Å². The summed E-state index contributed by atoms with van der Waals surface area (Å²) in [4.78, 5) is 0. The SMILES string of the molecule is CCC(O)(CC)C1=CCC(CO)O1. The summed E-state index contributed by atoms with van der Waals surface area (Å²) in [5.41, 5.74) is -0.829. The van der Waals surface area contributed by atoms with E-state index in [9.17, 15) is 5.11 Å². The van der Waals surface area contributed by atoms with Crippen molar-refractivity contribution >= 4 is 0 Å². The molecule has 1 aliphatic heterocycles. The summed E-state index contributed by atoms with van der Waals surface area (Å²) in [6, 6.07) is 0. The summed E-state index contributed by atoms with van der Waals surface area (Å²) < 4.78 is 5.42. The summed E-state index contributed by atoms with van der Waals surface area (Å²) >= 11 is 0. The summed E-state index contributed by atoms with van der Waals surface area (Å²) in [5.74, 6) is 0.636. The van der Waals surface area contributed by atoms with Crippen LogP contribution in [0, 0.1) is 0 Å². The molecular formula is C10H18O3. The van der Waals surface area contributed by atoms with Gasteiger partial charge in [0.25, 0.3) is 0 Å². The fourth-order valence-electron chi connectivity index (χ4n) is 1.52. The van der Waals surface area contributed by atoms with Crippen LogP contribution in [0.4, 0.5) is 0 Å². The second-order valence-corrected chi connectivity index (χ2v) is 3.47. The van der Waals surface area contributed by atoms with Crippen LogP contribution in [0.15, 0.2) is 11.8 Å². The number of hydrogen-bond acceptors (Lipinski definition) is 3. The molecule has 3 nitrogen and oxygen atoms in total. The Hall–Kier alpha value is -0.540. The molecule has 3 heteroatoms. The first kappa shape index (κ1) is 10.5. The molecule has 1 rings (SSSR count). The zero-order chi connectivity index (χ0) is 9.90. The highest BCUT2D eigenvalue weighted by molar-refractivity contribution is 5.14. The predicted octanol–water partition coefficient (Wildman–Crippen LogP) is 1.20. The van der Waals surface area contributed by atoms with E-state index in [1.165, 1.54) is 0 Å². The zero-order valence-corrected chi connectivity index (χ0v) is 8.29. The molecule has 0 aromatic rings. The first-order valence-electron chi connectivity index (χ1n) is 4.86. The van der Waals surface area contributed by atoms with Crippen LogP contribution in [0.3, 0.4) is 0 Å². The molecule has 0 amide bonds. The Balaban J connectivity index is 2.63. The van der Waals surface area contributed by atoms with Crippen molar-refractivity contribution in [3.63, 3.8) is 0 Å². The number of aliphatic hydroxyl groups is 2. The third-order valence-corrected chi connectivity index (χ3v) is 2.69. The van der Waals surface area contributed by atoms with Gasteiger partial charge in [-0.25, -0.2) is 0 Å². The molecule has 1 aliphatic rings. The van der Waals surface area contributed by atoms with Crippen molar-refractivity contribution in [1.29, 1.82) is 0 Å². The molecule has 0 fully saturated rings. The average molecular weight is 186 g/mol. The maximum atomic E-state index is 10.1. The molecule has 0 aromatic heterocycles. The molecule has 0 aliphatic carbocycles. The highest BCUT2D eigenvalue weighted by Crippen LogP contribution is 2.31. The van der Waals surface area contributed by atoms with Crippen LogP contribution in [0.5, 0.6) is 0 Å². The molecule has 76 valence electrons. The van der Waals surface area contributed by atoms with E-state index in [2.05, 4.69) is 0 Å². The van der Waals surface area contributed by atoms with Gasteiger partial charge >= 0.3 is 0 Å². The third-order valence-electron chi connectivity index (χ3n) is 2.69. The lowest BCUT2D eigenvalue weighted by atomic mass is 9.95. The number of rotatable bonds is 4. The van der Waals surface area contributed by atoms with Gasteiger partial charge in [-0.05, 0) is 18.9 Å². The first-order chi connectivity index (χ1) is 6.16. The van der Waals surface area contributed by atoms with Crippen LogP contribution in [0.25, 0.3) is 0 Å². The summed E-state index contributed by atoms with van der Waals surface area (Å²) in [6.45, 7) is 3.88. The molecule has 1 heterocycles. The minimum atomic E-state index is -0.829. The number of aliphatic hydroxyl groups excluding tert-OH is 1. The van der Waals surface area contributed by atoms with Crippen LogP contribution in [-0.4, -0.2) is 28.5 Å². The standard InChI is InChI=1S/C10H18O3/c1-3-10(12,4-2)9-6-5-8(7-11)13-9/h6,8,11-12H,3-5,7H2,1-2H3. The van der Waals surface area contributed by atoms with Crippen molar-refractivity contribution in [2.75, 3.05) is 6.61 Å². The minimum absolute atomic E-state index is 0.0174. The van der Waals surface area contributed by atoms with Crippen molar-refractivity contribution in [1.82, 2.24) is 0 Å². The quantitative estimate of drug-likeness (QED) is 0.693. The van der Waals surface area contributed by atoms with Gasteiger partial charge < -0.3 is 14.9 Å². The van der Waals surface area contributed by atoms with Crippen molar-refractivity contribution in [3.05, 3.63) is 11.8 Å². The van der Waals surface area contributed by atoms with Gasteiger partial charge in [-0.1, -0.05) is 13.8 Å². The van der Waals surface area contributed by atoms with Gasteiger partial charge in [-0.2, -0.15) is 0 Å². The second kappa shape index (κ2) is 4.11. The Labute approximate surface area is 79.0 Å². The average Bonchev–Trinajstić information content (AvgIpc) is 2.65. The Morgan fingerprint density at radius 1 is 1.54 bits per heavy atom. The van der Waals surface area contributed by atoms with Gasteiger partial charge in [0.05, 0.1) is 6.61 Å². The van der Waals surface area contributed by atoms with Crippen LogP contribution < -0.4 is 0 Å². The highest BCUT2D eigenvalue weighted by atomic mass is 16.5. The highest BCUT2D eigenvalue weighted by Gasteiger charge is 2.33. The molecule has 2 N–H and O–H groups in total. The second-order valence-electron chi connectivity index (χ2n) is 3.47. The van der Waals surface area contributed by atoms with E-state index in [1.807, 2.05) is 19.9 Å². The molecule has 0 aromatic carbocycles. The van der Waals surface area contributed by atoms with Gasteiger partial charge in [-0.15, -0.1) is 0 Å². The Morgan fingerprint density at radius 2 is 2.15 bits per heavy atom. The molecule has 0 saturated carbocycles. The number of hydrogen-bond donors (Lipinski definition) is 2. The fourth-order valence-corrected chi connectivity index (χ4v) is 1.52. The largest absolute Gasteiger partial charge is 0.489 e. The van der Waals surface area contributed by atoms with E-state index < -0.39 is 5.60 Å². The molecule has 0 radical (unpaired) electrons. The van der Waals surface area contributed by atoms with Gasteiger partial charge in [-0.3, -0.25) is 0 Å². The van der Waals surface area contributed by atoms with E-state index >= 15 is 0 Å². The van der Waals surface area contributed by atoms with E-state index in [1.54, 1.807) is 0 Å². The zero-order valence-electron chi connectivity index (χ0n) is 8.29. The first-order valence-corrected chi connectivity index (χ1v) is 4.86. The van der Waals surface area contributed by atoms with Crippen LogP contribution in [0.2, 0.25) is 0 Å². The smallest absolute Gasteiger partial charge is 0.125 e. The number of ether oxygens (including phenoxy) is 1. The monoisotopic (exact) mass is 186 g/mol. The lowest BCUT2D eigenvalue weighted by Gasteiger charge is -2.27. The molecule has 1 atom stereocenters. The van der Waals surface area contributed by atoms with Gasteiger partial charge in [0.2, 0.25) is 0 Å². The van der Waals surface area contributed by atoms with Crippen LogP contribution in [0.1, 0.15) is 33.1 Å². The molecule has 1 unspecified atom stereocenters. The maximum absolute atomic E-state index is 10.1. The molecule has 0 spiro atoms. The normalized spacial score (nSPS) is 22.8. The molecule has 0 bridgehead atoms. The van der Waals surface area contributed by atoms with Crippen molar-refractivity contribution in [3.8, 4) is 0 Å². The van der Waals surface area contributed by atoms with Gasteiger partial charge in [0.15, 0.2) is 0 Å². The lowest BCUT2D eigenvalue weighted by Crippen LogP contribution is -2.30. The lowest BCUT2D eigenvalue weighted by molar-refractivity contribution is -0.0187. The Bertz CT molecular complexity index is 194. The third kappa shape index (κ3) is 2.03. The predicted molar refractivity (Wildman–Crippen MR) is 50.2 cm³/mol. The Morgan fingerprint density at radius 3 is 2.54 bits per heavy atom. The van der Waals surface area contributed by atoms with Gasteiger partial charge in [0.1, 0.15) is 17.5 Å². The van der Waals surface area contributed by atoms with E-state index in [4.69, 9.17) is 9.84 Å². The van der Waals surface area contributed by atoms with Crippen LogP contribution in [-0.2, 0) is 4.74 Å². The summed E-state index contributed by atoms with van der Waals surface area (Å²) in [7, 11) is 0.